The van der Waals surface area contributed by atoms with Gasteiger partial charge in [-0.2, -0.15) is 0 Å². The summed E-state index contributed by atoms with van der Waals surface area (Å²) in [7, 11) is 3.17. The maximum atomic E-state index is 13.0. The first kappa shape index (κ1) is 23.9. The molecule has 5 aromatic rings. The number of rotatable bonds is 8. The Morgan fingerprint density at radius 1 is 0.784 bits per heavy atom. The number of fused-ring (bicyclic) bond motifs is 3. The van der Waals surface area contributed by atoms with Gasteiger partial charge in [0.05, 0.1) is 25.5 Å². The predicted molar refractivity (Wildman–Crippen MR) is 144 cm³/mol. The fraction of sp³-hybridized carbons (Fsp3) is 0.133. The van der Waals surface area contributed by atoms with Gasteiger partial charge in [-0.05, 0) is 59.2 Å². The summed E-state index contributed by atoms with van der Waals surface area (Å²) in [6.45, 7) is 0.410. The first-order valence-corrected chi connectivity index (χ1v) is 11.9. The minimum atomic E-state index is -0.425. The van der Waals surface area contributed by atoms with E-state index in [1.165, 1.54) is 0 Å². The molecule has 5 rings (SSSR count). The van der Waals surface area contributed by atoms with Crippen molar-refractivity contribution in [1.29, 1.82) is 0 Å². The lowest BCUT2D eigenvalue weighted by Gasteiger charge is -2.12. The van der Waals surface area contributed by atoms with Crippen molar-refractivity contribution in [2.24, 2.45) is 0 Å². The zero-order valence-corrected chi connectivity index (χ0v) is 20.5. The van der Waals surface area contributed by atoms with E-state index in [1.54, 1.807) is 44.6 Å². The van der Waals surface area contributed by atoms with Crippen molar-refractivity contribution in [2.75, 3.05) is 26.1 Å². The molecule has 4 aromatic carbocycles. The number of hydrogen-bond donors (Lipinski definition) is 2. The number of amides is 2. The van der Waals surface area contributed by atoms with Gasteiger partial charge in [-0.1, -0.05) is 48.5 Å². The molecule has 37 heavy (non-hydrogen) atoms. The van der Waals surface area contributed by atoms with E-state index in [4.69, 9.17) is 13.9 Å². The lowest BCUT2D eigenvalue weighted by atomic mass is 10.1. The van der Waals surface area contributed by atoms with Gasteiger partial charge >= 0.3 is 0 Å². The average Bonchev–Trinajstić information content (AvgIpc) is 3.38. The topological polar surface area (TPSA) is 89.8 Å². The zero-order chi connectivity index (χ0) is 25.8. The summed E-state index contributed by atoms with van der Waals surface area (Å²) in [6, 6.07) is 26.0. The van der Waals surface area contributed by atoms with Gasteiger partial charge in [0.1, 0.15) is 5.58 Å². The summed E-state index contributed by atoms with van der Waals surface area (Å²) in [5.74, 6) is 0.753. The van der Waals surface area contributed by atoms with Crippen molar-refractivity contribution in [2.45, 2.75) is 6.42 Å². The Balaban J connectivity index is 1.28. The molecule has 0 spiro atoms. The molecule has 0 aliphatic heterocycles. The highest BCUT2D eigenvalue weighted by molar-refractivity contribution is 6.12. The van der Waals surface area contributed by atoms with Gasteiger partial charge in [-0.3, -0.25) is 9.59 Å². The molecular formula is C30H26N2O5. The van der Waals surface area contributed by atoms with Crippen LogP contribution in [0, 0.1) is 0 Å². The fourth-order valence-electron chi connectivity index (χ4n) is 4.33. The van der Waals surface area contributed by atoms with Crippen molar-refractivity contribution in [3.63, 3.8) is 0 Å². The van der Waals surface area contributed by atoms with Crippen LogP contribution in [0.3, 0.4) is 0 Å². The van der Waals surface area contributed by atoms with Crippen LogP contribution in [0.1, 0.15) is 26.5 Å². The summed E-state index contributed by atoms with van der Waals surface area (Å²) >= 11 is 0. The molecule has 1 heterocycles. The Kier molecular flexibility index (Phi) is 6.76. The highest BCUT2D eigenvalue weighted by atomic mass is 16.5. The van der Waals surface area contributed by atoms with Crippen LogP contribution < -0.4 is 20.1 Å². The number of carbonyl (C=O) groups excluding carboxylic acids is 2. The number of anilines is 1. The molecule has 0 saturated heterocycles. The molecule has 0 radical (unpaired) electrons. The zero-order valence-electron chi connectivity index (χ0n) is 20.5. The Labute approximate surface area is 214 Å². The van der Waals surface area contributed by atoms with E-state index in [9.17, 15) is 9.59 Å². The normalized spacial score (nSPS) is 10.9. The quantitative estimate of drug-likeness (QED) is 0.283. The van der Waals surface area contributed by atoms with Crippen molar-refractivity contribution < 1.29 is 23.5 Å². The second kappa shape index (κ2) is 10.5. The average molecular weight is 495 g/mol. The highest BCUT2D eigenvalue weighted by Crippen LogP contribution is 2.29. The van der Waals surface area contributed by atoms with Crippen LogP contribution in [0.25, 0.3) is 21.7 Å². The van der Waals surface area contributed by atoms with E-state index < -0.39 is 5.91 Å². The Morgan fingerprint density at radius 3 is 2.41 bits per heavy atom. The number of furan rings is 1. The minimum Gasteiger partial charge on any atom is -0.493 e. The van der Waals surface area contributed by atoms with Gasteiger partial charge in [-0.15, -0.1) is 0 Å². The van der Waals surface area contributed by atoms with Gasteiger partial charge in [0.2, 0.25) is 0 Å². The summed E-state index contributed by atoms with van der Waals surface area (Å²) in [5, 5.41) is 8.70. The molecule has 0 unspecified atom stereocenters. The molecule has 2 N–H and O–H groups in total. The molecule has 7 nitrogen and oxygen atoms in total. The molecule has 0 atom stereocenters. The number of nitrogens with one attached hydrogen (secondary N) is 2. The van der Waals surface area contributed by atoms with Gasteiger partial charge < -0.3 is 24.5 Å². The first-order chi connectivity index (χ1) is 18.1. The van der Waals surface area contributed by atoms with E-state index >= 15 is 0 Å². The summed E-state index contributed by atoms with van der Waals surface area (Å²) in [6.07, 6.45) is 0.605. The summed E-state index contributed by atoms with van der Waals surface area (Å²) in [4.78, 5) is 26.0. The SMILES string of the molecule is COc1ccc(CCNC(=O)c2ccccc2NC(=O)c2cc3c(ccc4ccccc43)o2)cc1OC. The predicted octanol–water partition coefficient (Wildman–Crippen LogP) is 5.83. The second-order valence-corrected chi connectivity index (χ2v) is 8.50. The van der Waals surface area contributed by atoms with Crippen LogP contribution in [0.5, 0.6) is 11.5 Å². The smallest absolute Gasteiger partial charge is 0.291 e. The molecule has 2 amide bonds. The molecule has 0 saturated carbocycles. The van der Waals surface area contributed by atoms with E-state index in [0.29, 0.717) is 41.3 Å². The lowest BCUT2D eigenvalue weighted by Crippen LogP contribution is -2.27. The van der Waals surface area contributed by atoms with Crippen LogP contribution in [0.2, 0.25) is 0 Å². The van der Waals surface area contributed by atoms with Gasteiger partial charge in [-0.25, -0.2) is 0 Å². The lowest BCUT2D eigenvalue weighted by molar-refractivity contribution is 0.0955. The van der Waals surface area contributed by atoms with Crippen molar-refractivity contribution in [1.82, 2.24) is 5.32 Å². The number of ether oxygens (including phenoxy) is 2. The highest BCUT2D eigenvalue weighted by Gasteiger charge is 2.18. The number of carbonyl (C=O) groups is 2. The number of methoxy groups -OCH3 is 2. The van der Waals surface area contributed by atoms with E-state index in [0.717, 1.165) is 21.7 Å². The van der Waals surface area contributed by atoms with Gasteiger partial charge in [0.25, 0.3) is 11.8 Å². The van der Waals surface area contributed by atoms with Crippen LogP contribution in [0.15, 0.2) is 89.3 Å². The van der Waals surface area contributed by atoms with Gasteiger partial charge in [0, 0.05) is 11.9 Å². The van der Waals surface area contributed by atoms with Crippen LogP contribution in [0.4, 0.5) is 5.69 Å². The molecule has 7 heteroatoms. The van der Waals surface area contributed by atoms with Crippen LogP contribution >= 0.6 is 0 Å². The number of para-hydroxylation sites is 1. The first-order valence-electron chi connectivity index (χ1n) is 11.9. The molecule has 1 aromatic heterocycles. The summed E-state index contributed by atoms with van der Waals surface area (Å²) in [5.41, 5.74) is 2.40. The Hall–Kier alpha value is -4.78. The van der Waals surface area contributed by atoms with E-state index in [2.05, 4.69) is 10.6 Å². The fourth-order valence-corrected chi connectivity index (χ4v) is 4.33. The van der Waals surface area contributed by atoms with Crippen molar-refractivity contribution in [3.05, 3.63) is 102 Å². The molecule has 186 valence electrons. The third kappa shape index (κ3) is 4.97. The Morgan fingerprint density at radius 2 is 1.57 bits per heavy atom. The molecule has 0 aliphatic rings. The number of benzene rings is 4. The molecule has 0 bridgehead atoms. The third-order valence-corrected chi connectivity index (χ3v) is 6.22. The van der Waals surface area contributed by atoms with Crippen LogP contribution in [-0.4, -0.2) is 32.6 Å². The monoisotopic (exact) mass is 494 g/mol. The van der Waals surface area contributed by atoms with E-state index in [-0.39, 0.29) is 11.7 Å². The molecular weight excluding hydrogens is 468 g/mol. The largest absolute Gasteiger partial charge is 0.493 e. The maximum absolute atomic E-state index is 13.0. The third-order valence-electron chi connectivity index (χ3n) is 6.22. The minimum absolute atomic E-state index is 0.176. The standard InChI is InChI=1S/C30H26N2O5/c1-35-26-13-11-19(17-27(26)36-2)15-16-31-29(33)22-9-5-6-10-24(22)32-30(34)28-18-23-21-8-4-3-7-20(21)12-14-25(23)37-28/h3-14,17-18H,15-16H2,1-2H3,(H,31,33)(H,32,34). The van der Waals surface area contributed by atoms with Crippen molar-refractivity contribution in [3.8, 4) is 11.5 Å². The molecule has 0 aliphatic carbocycles. The number of hydrogen-bond acceptors (Lipinski definition) is 5. The van der Waals surface area contributed by atoms with Crippen LogP contribution in [-0.2, 0) is 6.42 Å². The van der Waals surface area contributed by atoms with Gasteiger partial charge in [0.15, 0.2) is 17.3 Å². The second-order valence-electron chi connectivity index (χ2n) is 8.50. The summed E-state index contributed by atoms with van der Waals surface area (Å²) < 4.78 is 16.4. The molecule has 0 fully saturated rings. The van der Waals surface area contributed by atoms with E-state index in [1.807, 2.05) is 54.6 Å². The maximum Gasteiger partial charge on any atom is 0.291 e. The van der Waals surface area contributed by atoms with Crippen molar-refractivity contribution >= 4 is 39.2 Å². The Bertz CT molecular complexity index is 1600.